The number of hydrogen-bond acceptors (Lipinski definition) is 8. The number of aliphatic imine (C=N–C) groups is 1. The highest BCUT2D eigenvalue weighted by Gasteiger charge is 2.20. The zero-order valence-electron chi connectivity index (χ0n) is 18.2. The minimum absolute atomic E-state index is 0.118. The molecule has 3 rings (SSSR count). The van der Waals surface area contributed by atoms with Crippen molar-refractivity contribution in [2.45, 2.75) is 25.5 Å². The number of phenols is 2. The SMILES string of the molecule is CC[C@H](NC(=O)CNC(=O)c1cc(O)cc(NC2=NCC(O)CN2)c1)c1cc(Br)cc(Cl)c1O. The second-order valence-corrected chi connectivity index (χ2v) is 8.98. The predicted molar refractivity (Wildman–Crippen MR) is 132 cm³/mol. The molecular weight excluding hydrogens is 530 g/mol. The van der Waals surface area contributed by atoms with E-state index in [1.807, 2.05) is 6.92 Å². The zero-order chi connectivity index (χ0) is 24.8. The van der Waals surface area contributed by atoms with E-state index >= 15 is 0 Å². The lowest BCUT2D eigenvalue weighted by molar-refractivity contribution is -0.120. The quantitative estimate of drug-likeness (QED) is 0.277. The number of β-amino-alcohol motifs (C(OH)–C–C–N with tert-alkyl or cyclic N) is 1. The molecule has 0 radical (unpaired) electrons. The van der Waals surface area contributed by atoms with Crippen molar-refractivity contribution in [2.24, 2.45) is 4.99 Å². The third-order valence-corrected chi connectivity index (χ3v) is 5.74. The maximum absolute atomic E-state index is 12.6. The number of aliphatic hydroxyl groups excluding tert-OH is 1. The molecule has 34 heavy (non-hydrogen) atoms. The van der Waals surface area contributed by atoms with Crippen LogP contribution in [-0.4, -0.2) is 58.8 Å². The minimum Gasteiger partial charge on any atom is -0.508 e. The van der Waals surface area contributed by atoms with E-state index in [9.17, 15) is 24.9 Å². The van der Waals surface area contributed by atoms with Gasteiger partial charge in [0.1, 0.15) is 11.5 Å². The van der Waals surface area contributed by atoms with Crippen molar-refractivity contribution in [2.75, 3.05) is 25.0 Å². The molecule has 0 bridgehead atoms. The highest BCUT2D eigenvalue weighted by Crippen LogP contribution is 2.36. The summed E-state index contributed by atoms with van der Waals surface area (Å²) >= 11 is 9.34. The number of benzene rings is 2. The molecular formula is C22H25BrClN5O5. The van der Waals surface area contributed by atoms with Crippen LogP contribution in [0.5, 0.6) is 11.5 Å². The molecule has 2 amide bonds. The summed E-state index contributed by atoms with van der Waals surface area (Å²) in [6.07, 6.45) is -0.0878. The van der Waals surface area contributed by atoms with Crippen molar-refractivity contribution in [3.05, 3.63) is 51.0 Å². The highest BCUT2D eigenvalue weighted by atomic mass is 79.9. The maximum Gasteiger partial charge on any atom is 0.251 e. The Labute approximate surface area is 209 Å². The van der Waals surface area contributed by atoms with Crippen LogP contribution >= 0.6 is 27.5 Å². The van der Waals surface area contributed by atoms with Crippen LogP contribution in [0.3, 0.4) is 0 Å². The molecule has 0 fully saturated rings. The number of rotatable bonds is 7. The van der Waals surface area contributed by atoms with Crippen LogP contribution in [0.25, 0.3) is 0 Å². The first-order chi connectivity index (χ1) is 16.2. The first-order valence-corrected chi connectivity index (χ1v) is 11.7. The molecule has 0 saturated heterocycles. The van der Waals surface area contributed by atoms with Crippen LogP contribution < -0.4 is 21.3 Å². The number of carbonyl (C=O) groups is 2. The van der Waals surface area contributed by atoms with Gasteiger partial charge in [0.25, 0.3) is 5.91 Å². The Kier molecular flexibility index (Phi) is 8.59. The number of guanidine groups is 1. The third-order valence-electron chi connectivity index (χ3n) is 4.99. The summed E-state index contributed by atoms with van der Waals surface area (Å²) in [7, 11) is 0. The molecule has 2 aromatic rings. The van der Waals surface area contributed by atoms with Gasteiger partial charge in [-0.25, -0.2) is 0 Å². The predicted octanol–water partition coefficient (Wildman–Crippen LogP) is 2.24. The molecule has 0 aromatic heterocycles. The van der Waals surface area contributed by atoms with Crippen LogP contribution in [0.1, 0.15) is 35.3 Å². The van der Waals surface area contributed by atoms with Crippen LogP contribution in [-0.2, 0) is 4.79 Å². The lowest BCUT2D eigenvalue weighted by Crippen LogP contribution is -2.42. The van der Waals surface area contributed by atoms with Gasteiger partial charge >= 0.3 is 0 Å². The van der Waals surface area contributed by atoms with Gasteiger partial charge in [0.15, 0.2) is 5.96 Å². The molecule has 0 aliphatic carbocycles. The molecule has 182 valence electrons. The molecule has 2 aromatic carbocycles. The van der Waals surface area contributed by atoms with Crippen molar-refractivity contribution in [3.8, 4) is 11.5 Å². The van der Waals surface area contributed by atoms with E-state index in [0.29, 0.717) is 34.6 Å². The first-order valence-electron chi connectivity index (χ1n) is 10.5. The number of nitrogens with one attached hydrogen (secondary N) is 4. The van der Waals surface area contributed by atoms with E-state index in [1.165, 1.54) is 18.2 Å². The summed E-state index contributed by atoms with van der Waals surface area (Å²) in [4.78, 5) is 29.2. The summed E-state index contributed by atoms with van der Waals surface area (Å²) < 4.78 is 0.658. The van der Waals surface area contributed by atoms with Crippen LogP contribution in [0.2, 0.25) is 5.02 Å². The number of anilines is 1. The second-order valence-electron chi connectivity index (χ2n) is 7.65. The largest absolute Gasteiger partial charge is 0.508 e. The highest BCUT2D eigenvalue weighted by molar-refractivity contribution is 9.10. The van der Waals surface area contributed by atoms with Gasteiger partial charge in [0, 0.05) is 33.9 Å². The Hall–Kier alpha value is -3.02. The number of aliphatic hydroxyl groups is 1. The summed E-state index contributed by atoms with van der Waals surface area (Å²) in [5.74, 6) is -0.891. The number of carbonyl (C=O) groups excluding carboxylic acids is 2. The Bertz CT molecular complexity index is 1110. The molecule has 10 nitrogen and oxygen atoms in total. The van der Waals surface area contributed by atoms with Crippen LogP contribution in [0, 0.1) is 0 Å². The number of amides is 2. The van der Waals surface area contributed by atoms with Crippen molar-refractivity contribution in [3.63, 3.8) is 0 Å². The monoisotopic (exact) mass is 553 g/mol. The number of aromatic hydroxyl groups is 2. The molecule has 0 spiro atoms. The van der Waals surface area contributed by atoms with E-state index < -0.39 is 24.0 Å². The molecule has 12 heteroatoms. The van der Waals surface area contributed by atoms with Gasteiger partial charge in [0.05, 0.1) is 30.3 Å². The standard InChI is InChI=1S/C22H25BrClN5O5/c1-2-18(16-5-12(23)6-17(24)20(16)33)29-19(32)10-25-21(34)11-3-13(7-14(30)4-11)28-22-26-8-15(31)9-27-22/h3-7,15,18,30-31,33H,2,8-10H2,1H3,(H,25,34)(H,29,32)(H2,26,27,28)/t18-/m0/s1. The van der Waals surface area contributed by atoms with E-state index in [1.54, 1.807) is 12.1 Å². The van der Waals surface area contributed by atoms with Gasteiger partial charge in [-0.3, -0.25) is 14.6 Å². The molecule has 1 unspecified atom stereocenters. The van der Waals surface area contributed by atoms with E-state index in [4.69, 9.17) is 11.6 Å². The van der Waals surface area contributed by atoms with E-state index in [2.05, 4.69) is 42.2 Å². The normalized spacial score (nSPS) is 16.1. The van der Waals surface area contributed by atoms with Crippen LogP contribution in [0.4, 0.5) is 5.69 Å². The molecule has 1 heterocycles. The zero-order valence-corrected chi connectivity index (χ0v) is 20.6. The molecule has 2 atom stereocenters. The smallest absolute Gasteiger partial charge is 0.251 e. The van der Waals surface area contributed by atoms with Crippen molar-refractivity contribution in [1.29, 1.82) is 0 Å². The fourth-order valence-electron chi connectivity index (χ4n) is 3.33. The van der Waals surface area contributed by atoms with Crippen molar-refractivity contribution in [1.82, 2.24) is 16.0 Å². The van der Waals surface area contributed by atoms with E-state index in [0.717, 1.165) is 0 Å². The Morgan fingerprint density at radius 1 is 1.26 bits per heavy atom. The molecule has 7 N–H and O–H groups in total. The van der Waals surface area contributed by atoms with Gasteiger partial charge in [-0.05, 0) is 30.7 Å². The van der Waals surface area contributed by atoms with Gasteiger partial charge < -0.3 is 36.6 Å². The summed E-state index contributed by atoms with van der Waals surface area (Å²) in [6.45, 7) is 2.09. The molecule has 1 aliphatic rings. The fraction of sp³-hybridized carbons (Fsp3) is 0.318. The van der Waals surface area contributed by atoms with Crippen LogP contribution in [0.15, 0.2) is 39.8 Å². The maximum atomic E-state index is 12.6. The third kappa shape index (κ3) is 6.75. The average Bonchev–Trinajstić information content (AvgIpc) is 2.79. The number of nitrogens with zero attached hydrogens (tertiary/aromatic N) is 1. The Morgan fingerprint density at radius 2 is 2.03 bits per heavy atom. The minimum atomic E-state index is -0.570. The van der Waals surface area contributed by atoms with E-state index in [-0.39, 0.29) is 35.2 Å². The molecule has 0 saturated carbocycles. The number of hydrogen-bond donors (Lipinski definition) is 7. The number of phenolic OH excluding ortho intramolecular Hbond substituents is 2. The van der Waals surface area contributed by atoms with Gasteiger partial charge in [-0.15, -0.1) is 0 Å². The second kappa shape index (κ2) is 11.4. The first kappa shape index (κ1) is 25.6. The summed E-state index contributed by atoms with van der Waals surface area (Å²) in [6, 6.07) is 6.89. The van der Waals surface area contributed by atoms with Crippen molar-refractivity contribution < 1.29 is 24.9 Å². The lowest BCUT2D eigenvalue weighted by atomic mass is 10.0. The topological polar surface area (TPSA) is 155 Å². The Balaban J connectivity index is 1.61. The number of halogens is 2. The molecule has 1 aliphatic heterocycles. The van der Waals surface area contributed by atoms with Gasteiger partial charge in [-0.2, -0.15) is 0 Å². The fourth-order valence-corrected chi connectivity index (χ4v) is 4.16. The van der Waals surface area contributed by atoms with Gasteiger partial charge in [-0.1, -0.05) is 34.5 Å². The summed E-state index contributed by atoms with van der Waals surface area (Å²) in [5, 5.41) is 41.0. The Morgan fingerprint density at radius 3 is 2.71 bits per heavy atom. The lowest BCUT2D eigenvalue weighted by Gasteiger charge is -2.20. The van der Waals surface area contributed by atoms with Gasteiger partial charge in [0.2, 0.25) is 5.91 Å². The summed E-state index contributed by atoms with van der Waals surface area (Å²) in [5.41, 5.74) is 0.998. The van der Waals surface area contributed by atoms with Crippen molar-refractivity contribution >= 4 is 51.0 Å². The average molecular weight is 555 g/mol.